The van der Waals surface area contributed by atoms with Gasteiger partial charge in [0.1, 0.15) is 24.7 Å². The van der Waals surface area contributed by atoms with E-state index in [4.69, 9.17) is 10.8 Å². The fraction of sp³-hybridized carbons (Fsp3) is 0.720. The first-order valence-corrected chi connectivity index (χ1v) is 14.9. The monoisotopic (exact) mass is 619 g/mol. The molecule has 0 spiro atoms. The molecule has 17 heteroatoms. The maximum absolute atomic E-state index is 12.7. The van der Waals surface area contributed by atoms with Crippen LogP contribution < -0.4 is 37.6 Å². The largest absolute Gasteiger partial charge is 0.480 e. The minimum Gasteiger partial charge on any atom is -0.480 e. The summed E-state index contributed by atoms with van der Waals surface area (Å²) in [5.74, 6) is -5.52. The quantitative estimate of drug-likeness (QED) is 0.0650. The van der Waals surface area contributed by atoms with Gasteiger partial charge in [0.2, 0.25) is 35.4 Å². The van der Waals surface area contributed by atoms with E-state index < -0.39 is 91.8 Å². The molecule has 0 rings (SSSR count). The highest BCUT2D eigenvalue weighted by atomic mass is 32.2. The minimum absolute atomic E-state index is 0.149. The van der Waals surface area contributed by atoms with Crippen LogP contribution in [0, 0.1) is 11.8 Å². The van der Waals surface area contributed by atoms with Gasteiger partial charge in [-0.2, -0.15) is 11.8 Å². The number of carbonyl (C=O) groups is 7. The van der Waals surface area contributed by atoms with Crippen molar-refractivity contribution in [3.05, 3.63) is 0 Å². The highest BCUT2D eigenvalue weighted by molar-refractivity contribution is 7.98. The van der Waals surface area contributed by atoms with Gasteiger partial charge in [0.05, 0.1) is 25.7 Å². The smallest absolute Gasteiger partial charge is 0.322 e. The summed E-state index contributed by atoms with van der Waals surface area (Å²) in [7, 11) is 0. The first-order valence-electron chi connectivity index (χ1n) is 13.5. The number of carboxylic acids is 1. The second kappa shape index (κ2) is 20.4. The van der Waals surface area contributed by atoms with Crippen LogP contribution in [0.5, 0.6) is 0 Å². The Labute approximate surface area is 249 Å². The number of nitrogens with two attached hydrogens (primary N) is 1. The van der Waals surface area contributed by atoms with Crippen molar-refractivity contribution in [2.45, 2.75) is 64.7 Å². The van der Waals surface area contributed by atoms with E-state index in [0.29, 0.717) is 12.2 Å². The lowest BCUT2D eigenvalue weighted by atomic mass is 9.97. The highest BCUT2D eigenvalue weighted by Crippen LogP contribution is 2.09. The van der Waals surface area contributed by atoms with Gasteiger partial charge in [0, 0.05) is 0 Å². The van der Waals surface area contributed by atoms with E-state index in [-0.39, 0.29) is 18.3 Å². The number of aliphatic hydroxyl groups excluding tert-OH is 1. The van der Waals surface area contributed by atoms with Gasteiger partial charge in [-0.15, -0.1) is 0 Å². The molecule has 0 heterocycles. The zero-order valence-electron chi connectivity index (χ0n) is 24.7. The fourth-order valence-corrected chi connectivity index (χ4v) is 3.75. The number of aliphatic carboxylic acids is 1. The van der Waals surface area contributed by atoms with Crippen LogP contribution in [-0.4, -0.2) is 114 Å². The summed E-state index contributed by atoms with van der Waals surface area (Å²) in [6, 6.07) is -4.32. The van der Waals surface area contributed by atoms with Crippen molar-refractivity contribution < 1.29 is 43.8 Å². The predicted octanol–water partition coefficient (Wildman–Crippen LogP) is -3.35. The summed E-state index contributed by atoms with van der Waals surface area (Å²) in [6.07, 6.45) is 2.50. The number of amides is 6. The molecule has 16 nitrogen and oxygen atoms in total. The van der Waals surface area contributed by atoms with E-state index >= 15 is 0 Å². The van der Waals surface area contributed by atoms with Gasteiger partial charge in [-0.1, -0.05) is 34.1 Å². The topological polar surface area (TPSA) is 258 Å². The molecular weight excluding hydrogens is 574 g/mol. The highest BCUT2D eigenvalue weighted by Gasteiger charge is 2.29. The van der Waals surface area contributed by atoms with E-state index in [9.17, 15) is 38.7 Å². The second-order valence-corrected chi connectivity index (χ2v) is 10.9. The fourth-order valence-electron chi connectivity index (χ4n) is 3.28. The van der Waals surface area contributed by atoms with Crippen LogP contribution in [0.4, 0.5) is 0 Å². The first-order chi connectivity index (χ1) is 19.7. The molecule has 10 N–H and O–H groups in total. The maximum Gasteiger partial charge on any atom is 0.322 e. The van der Waals surface area contributed by atoms with Crippen LogP contribution in [0.2, 0.25) is 0 Å². The van der Waals surface area contributed by atoms with Crippen molar-refractivity contribution >= 4 is 53.2 Å². The van der Waals surface area contributed by atoms with E-state index in [0.717, 1.165) is 0 Å². The molecule has 0 aromatic heterocycles. The van der Waals surface area contributed by atoms with Gasteiger partial charge >= 0.3 is 5.97 Å². The predicted molar refractivity (Wildman–Crippen MR) is 155 cm³/mol. The SMILES string of the molecule is CC[C@H](C)[C@H](NC(=O)[C@@H](N)C(C)C)C(=O)NCC(=O)NCC(=O)N[C@@H](CO)C(=O)N[C@@H](CCSC)C(=O)NCC(=O)O. The molecule has 0 radical (unpaired) electrons. The number of carbonyl (C=O) groups excluding carboxylic acids is 6. The van der Waals surface area contributed by atoms with Crippen LogP contribution in [0.1, 0.15) is 40.5 Å². The molecule has 6 amide bonds. The Kier molecular flexibility index (Phi) is 18.8. The normalized spacial score (nSPS) is 14.4. The van der Waals surface area contributed by atoms with Crippen molar-refractivity contribution in [2.75, 3.05) is 38.2 Å². The zero-order valence-corrected chi connectivity index (χ0v) is 25.5. The molecule has 0 saturated heterocycles. The third-order valence-electron chi connectivity index (χ3n) is 6.18. The minimum atomic E-state index is -1.46. The Balaban J connectivity index is 4.94. The van der Waals surface area contributed by atoms with Crippen molar-refractivity contribution in [3.63, 3.8) is 0 Å². The van der Waals surface area contributed by atoms with Crippen molar-refractivity contribution in [1.29, 1.82) is 0 Å². The molecule has 42 heavy (non-hydrogen) atoms. The summed E-state index contributed by atoms with van der Waals surface area (Å²) in [6.45, 7) is 4.57. The Morgan fingerprint density at radius 3 is 1.88 bits per heavy atom. The summed E-state index contributed by atoms with van der Waals surface area (Å²) >= 11 is 1.39. The molecule has 0 aliphatic rings. The van der Waals surface area contributed by atoms with E-state index in [1.807, 2.05) is 6.92 Å². The lowest BCUT2D eigenvalue weighted by Gasteiger charge is -2.26. The van der Waals surface area contributed by atoms with Gasteiger partial charge < -0.3 is 47.8 Å². The van der Waals surface area contributed by atoms with E-state index in [1.165, 1.54) is 11.8 Å². The molecule has 0 aromatic carbocycles. The third-order valence-corrected chi connectivity index (χ3v) is 6.82. The van der Waals surface area contributed by atoms with Gasteiger partial charge in [0.15, 0.2) is 0 Å². The average Bonchev–Trinajstić information content (AvgIpc) is 2.95. The summed E-state index contributed by atoms with van der Waals surface area (Å²) in [5, 5.41) is 32.4. The maximum atomic E-state index is 12.7. The van der Waals surface area contributed by atoms with Crippen LogP contribution in [0.3, 0.4) is 0 Å². The number of rotatable bonds is 20. The number of hydrogen-bond acceptors (Lipinski definition) is 10. The molecule has 240 valence electrons. The molecule has 0 unspecified atom stereocenters. The van der Waals surface area contributed by atoms with Gasteiger partial charge in [0.25, 0.3) is 0 Å². The van der Waals surface area contributed by atoms with Gasteiger partial charge in [-0.3, -0.25) is 33.6 Å². The molecule has 5 atom stereocenters. The average molecular weight is 620 g/mol. The van der Waals surface area contributed by atoms with Gasteiger partial charge in [-0.05, 0) is 30.3 Å². The Morgan fingerprint density at radius 2 is 1.36 bits per heavy atom. The van der Waals surface area contributed by atoms with Crippen LogP contribution >= 0.6 is 11.8 Å². The Bertz CT molecular complexity index is 951. The van der Waals surface area contributed by atoms with Crippen LogP contribution in [-0.2, 0) is 33.6 Å². The van der Waals surface area contributed by atoms with Crippen LogP contribution in [0.15, 0.2) is 0 Å². The number of carboxylic acid groups (broad SMARTS) is 1. The molecular formula is C25H45N7O9S. The zero-order chi connectivity index (χ0) is 32.4. The van der Waals surface area contributed by atoms with Crippen LogP contribution in [0.25, 0.3) is 0 Å². The van der Waals surface area contributed by atoms with E-state index in [2.05, 4.69) is 31.9 Å². The second-order valence-electron chi connectivity index (χ2n) is 9.89. The Morgan fingerprint density at radius 1 is 0.762 bits per heavy atom. The van der Waals surface area contributed by atoms with Gasteiger partial charge in [-0.25, -0.2) is 0 Å². The molecule has 0 aromatic rings. The molecule has 0 aliphatic heterocycles. The van der Waals surface area contributed by atoms with Crippen molar-refractivity contribution in [3.8, 4) is 0 Å². The number of thioether (sulfide) groups is 1. The molecule has 0 fully saturated rings. The summed E-state index contributed by atoms with van der Waals surface area (Å²) < 4.78 is 0. The molecule has 0 bridgehead atoms. The summed E-state index contributed by atoms with van der Waals surface area (Å²) in [5.41, 5.74) is 5.86. The number of nitrogens with one attached hydrogen (secondary N) is 6. The van der Waals surface area contributed by atoms with E-state index in [1.54, 1.807) is 27.0 Å². The summed E-state index contributed by atoms with van der Waals surface area (Å²) in [4.78, 5) is 85.1. The standard InChI is InChI=1S/C25H45N7O9S/c1-6-14(4)21(32-24(40)20(26)13(2)3)25(41)28-9-17(34)27-10-18(35)30-16(12-33)23(39)31-15(7-8-42-5)22(38)29-11-19(36)37/h13-16,20-21,33H,6-12,26H2,1-5H3,(H,27,34)(H,28,41)(H,29,38)(H,30,35)(H,31,39)(H,32,40)(H,36,37)/t14-,15-,16-,20-,21-/m0/s1. The van der Waals surface area contributed by atoms with Crippen molar-refractivity contribution in [1.82, 2.24) is 31.9 Å². The third kappa shape index (κ3) is 15.0. The first kappa shape index (κ1) is 38.6. The van der Waals surface area contributed by atoms with Crippen molar-refractivity contribution in [2.24, 2.45) is 17.6 Å². The lowest BCUT2D eigenvalue weighted by Crippen LogP contribution is -2.57. The number of aliphatic hydroxyl groups is 1. The number of hydrogen-bond donors (Lipinski definition) is 9. The lowest BCUT2D eigenvalue weighted by molar-refractivity contribution is -0.138. The molecule has 0 saturated carbocycles. The molecule has 0 aliphatic carbocycles. The Hall–Kier alpha value is -3.44.